The zero-order valence-corrected chi connectivity index (χ0v) is 15.6. The summed E-state index contributed by atoms with van der Waals surface area (Å²) in [6, 6.07) is 11.7. The van der Waals surface area contributed by atoms with Crippen LogP contribution >= 0.6 is 0 Å². The molecule has 1 N–H and O–H groups in total. The number of rotatable bonds is 5. The van der Waals surface area contributed by atoms with Crippen LogP contribution in [0.4, 0.5) is 5.69 Å². The first-order valence-electron chi connectivity index (χ1n) is 8.84. The van der Waals surface area contributed by atoms with Crippen LogP contribution in [0.3, 0.4) is 0 Å². The summed E-state index contributed by atoms with van der Waals surface area (Å²) in [4.78, 5) is 21.8. The maximum atomic E-state index is 12.8. The van der Waals surface area contributed by atoms with Gasteiger partial charge in [-0.2, -0.15) is 0 Å². The van der Waals surface area contributed by atoms with Gasteiger partial charge in [-0.25, -0.2) is 9.97 Å². The summed E-state index contributed by atoms with van der Waals surface area (Å²) in [6.07, 6.45) is 0.956. The van der Waals surface area contributed by atoms with E-state index in [2.05, 4.69) is 22.2 Å². The quantitative estimate of drug-likeness (QED) is 0.738. The van der Waals surface area contributed by atoms with Crippen molar-refractivity contribution >= 4 is 22.6 Å². The molecule has 26 heavy (non-hydrogen) atoms. The van der Waals surface area contributed by atoms with E-state index in [0.717, 1.165) is 28.8 Å². The van der Waals surface area contributed by atoms with Crippen molar-refractivity contribution in [2.75, 3.05) is 11.9 Å². The first-order valence-corrected chi connectivity index (χ1v) is 8.84. The molecule has 1 heterocycles. The van der Waals surface area contributed by atoms with E-state index in [-0.39, 0.29) is 17.5 Å². The van der Waals surface area contributed by atoms with Gasteiger partial charge >= 0.3 is 0 Å². The number of carbonyl (C=O) groups is 1. The van der Waals surface area contributed by atoms with Crippen molar-refractivity contribution in [1.82, 2.24) is 9.97 Å². The maximum Gasteiger partial charge on any atom is 0.279 e. The van der Waals surface area contributed by atoms with Gasteiger partial charge in [0.2, 0.25) is 5.88 Å². The monoisotopic (exact) mass is 349 g/mol. The Bertz CT molecular complexity index is 950. The zero-order chi connectivity index (χ0) is 18.7. The molecule has 1 amide bonds. The molecule has 0 saturated heterocycles. The minimum Gasteiger partial charge on any atom is -0.476 e. The number of aryl methyl sites for hydroxylation is 3. The number of aromatic nitrogens is 2. The molecule has 3 aromatic rings. The molecule has 3 rings (SSSR count). The molecule has 0 spiro atoms. The maximum absolute atomic E-state index is 12.8. The average molecular weight is 349 g/mol. The minimum atomic E-state index is -0.328. The van der Waals surface area contributed by atoms with Crippen LogP contribution in [0.2, 0.25) is 0 Å². The molecule has 0 bridgehead atoms. The Morgan fingerprint density at radius 1 is 1.00 bits per heavy atom. The number of carbonyl (C=O) groups excluding carboxylic acids is 1. The number of fused-ring (bicyclic) bond motifs is 1. The van der Waals surface area contributed by atoms with E-state index in [9.17, 15) is 4.79 Å². The summed E-state index contributed by atoms with van der Waals surface area (Å²) < 4.78 is 5.58. The third-order valence-electron chi connectivity index (χ3n) is 4.36. The fourth-order valence-electron chi connectivity index (χ4n) is 2.69. The molecule has 0 radical (unpaired) electrons. The molecular formula is C21H23N3O2. The van der Waals surface area contributed by atoms with E-state index >= 15 is 0 Å². The third kappa shape index (κ3) is 3.67. The largest absolute Gasteiger partial charge is 0.476 e. The first-order chi connectivity index (χ1) is 12.5. The highest BCUT2D eigenvalue weighted by Gasteiger charge is 2.18. The average Bonchev–Trinajstić information content (AvgIpc) is 2.63. The smallest absolute Gasteiger partial charge is 0.279 e. The van der Waals surface area contributed by atoms with Gasteiger partial charge in [0, 0.05) is 5.69 Å². The second kappa shape index (κ2) is 7.52. The molecule has 0 saturated carbocycles. The van der Waals surface area contributed by atoms with Gasteiger partial charge < -0.3 is 10.1 Å². The van der Waals surface area contributed by atoms with Crippen LogP contribution < -0.4 is 10.1 Å². The Morgan fingerprint density at radius 2 is 1.62 bits per heavy atom. The first kappa shape index (κ1) is 17.9. The van der Waals surface area contributed by atoms with Crippen molar-refractivity contribution < 1.29 is 9.53 Å². The van der Waals surface area contributed by atoms with E-state index in [4.69, 9.17) is 4.74 Å². The number of nitrogens with zero attached hydrogens (tertiary/aromatic N) is 2. The van der Waals surface area contributed by atoms with Crippen molar-refractivity contribution in [2.24, 2.45) is 0 Å². The molecule has 0 aliphatic rings. The summed E-state index contributed by atoms with van der Waals surface area (Å²) >= 11 is 0. The summed E-state index contributed by atoms with van der Waals surface area (Å²) in [5.41, 5.74) is 5.77. The van der Waals surface area contributed by atoms with Crippen molar-refractivity contribution in [3.05, 3.63) is 58.8 Å². The van der Waals surface area contributed by atoms with Gasteiger partial charge in [0.05, 0.1) is 17.6 Å². The van der Waals surface area contributed by atoms with Gasteiger partial charge in [-0.1, -0.05) is 19.1 Å². The van der Waals surface area contributed by atoms with Crippen LogP contribution in [0.25, 0.3) is 11.0 Å². The van der Waals surface area contributed by atoms with Crippen molar-refractivity contribution in [3.8, 4) is 5.88 Å². The van der Waals surface area contributed by atoms with Crippen molar-refractivity contribution in [3.63, 3.8) is 0 Å². The summed E-state index contributed by atoms with van der Waals surface area (Å²) in [7, 11) is 0. The molecule has 1 aromatic heterocycles. The second-order valence-corrected chi connectivity index (χ2v) is 6.24. The predicted octanol–water partition coefficient (Wildman–Crippen LogP) is 4.46. The van der Waals surface area contributed by atoms with Gasteiger partial charge in [-0.15, -0.1) is 0 Å². The number of benzene rings is 2. The second-order valence-electron chi connectivity index (χ2n) is 6.24. The van der Waals surface area contributed by atoms with E-state index in [1.807, 2.05) is 57.2 Å². The number of hydrogen-bond donors (Lipinski definition) is 1. The van der Waals surface area contributed by atoms with E-state index in [1.165, 1.54) is 5.56 Å². The van der Waals surface area contributed by atoms with Gasteiger partial charge in [-0.05, 0) is 68.1 Å². The lowest BCUT2D eigenvalue weighted by molar-refractivity contribution is 0.101. The Hall–Kier alpha value is -2.95. The van der Waals surface area contributed by atoms with Crippen molar-refractivity contribution in [2.45, 2.75) is 34.1 Å². The molecule has 0 atom stereocenters. The highest BCUT2D eigenvalue weighted by atomic mass is 16.5. The van der Waals surface area contributed by atoms with Crippen LogP contribution in [0.1, 0.15) is 41.0 Å². The number of hydrogen-bond acceptors (Lipinski definition) is 4. The van der Waals surface area contributed by atoms with Crippen LogP contribution in [-0.2, 0) is 6.42 Å². The Labute approximate surface area is 153 Å². The van der Waals surface area contributed by atoms with E-state index in [0.29, 0.717) is 12.1 Å². The standard InChI is InChI=1S/C21H23N3O2/c1-5-15-7-9-16(10-8-15)22-20(25)19-21(26-6-2)24-18-12-14(4)13(3)11-17(18)23-19/h7-12H,5-6H2,1-4H3,(H,22,25). The molecule has 0 aliphatic heterocycles. The number of amides is 1. The lowest BCUT2D eigenvalue weighted by atomic mass is 10.1. The molecular weight excluding hydrogens is 326 g/mol. The Balaban J connectivity index is 1.98. The summed E-state index contributed by atoms with van der Waals surface area (Å²) in [6.45, 7) is 8.41. The zero-order valence-electron chi connectivity index (χ0n) is 15.6. The molecule has 2 aromatic carbocycles. The summed E-state index contributed by atoms with van der Waals surface area (Å²) in [5.74, 6) is -0.0729. The van der Waals surface area contributed by atoms with Gasteiger partial charge in [0.25, 0.3) is 5.91 Å². The van der Waals surface area contributed by atoms with Gasteiger partial charge in [-0.3, -0.25) is 4.79 Å². The van der Waals surface area contributed by atoms with Crippen LogP contribution in [0.5, 0.6) is 5.88 Å². The Morgan fingerprint density at radius 3 is 2.19 bits per heavy atom. The van der Waals surface area contributed by atoms with Crippen LogP contribution in [-0.4, -0.2) is 22.5 Å². The summed E-state index contributed by atoms with van der Waals surface area (Å²) in [5, 5.41) is 2.88. The highest BCUT2D eigenvalue weighted by molar-refractivity contribution is 6.05. The molecule has 0 aliphatic carbocycles. The number of anilines is 1. The Kier molecular flexibility index (Phi) is 5.16. The number of ether oxygens (including phenoxy) is 1. The number of nitrogens with one attached hydrogen (secondary N) is 1. The molecule has 0 fully saturated rings. The van der Waals surface area contributed by atoms with Crippen LogP contribution in [0, 0.1) is 13.8 Å². The topological polar surface area (TPSA) is 64.1 Å². The normalized spacial score (nSPS) is 10.8. The minimum absolute atomic E-state index is 0.196. The fraction of sp³-hybridized carbons (Fsp3) is 0.286. The molecule has 0 unspecified atom stereocenters. The molecule has 5 nitrogen and oxygen atoms in total. The van der Waals surface area contributed by atoms with Gasteiger partial charge in [0.1, 0.15) is 0 Å². The van der Waals surface area contributed by atoms with Crippen molar-refractivity contribution in [1.29, 1.82) is 0 Å². The van der Waals surface area contributed by atoms with E-state index in [1.54, 1.807) is 0 Å². The third-order valence-corrected chi connectivity index (χ3v) is 4.36. The molecule has 5 heteroatoms. The van der Waals surface area contributed by atoms with E-state index < -0.39 is 0 Å². The molecule has 134 valence electrons. The van der Waals surface area contributed by atoms with Gasteiger partial charge in [0.15, 0.2) is 5.69 Å². The predicted molar refractivity (Wildman–Crippen MR) is 104 cm³/mol. The lowest BCUT2D eigenvalue weighted by Gasteiger charge is -2.11. The fourth-order valence-corrected chi connectivity index (χ4v) is 2.69. The highest BCUT2D eigenvalue weighted by Crippen LogP contribution is 2.23. The SMILES string of the molecule is CCOc1nc2cc(C)c(C)cc2nc1C(=O)Nc1ccc(CC)cc1. The van der Waals surface area contributed by atoms with Crippen LogP contribution in [0.15, 0.2) is 36.4 Å². The lowest BCUT2D eigenvalue weighted by Crippen LogP contribution is -2.16.